The minimum atomic E-state index is 0.350. The maximum absolute atomic E-state index is 5.82. The number of hydrogen-bond donors (Lipinski definition) is 0. The minimum Gasteiger partial charge on any atom is -0.377 e. The summed E-state index contributed by atoms with van der Waals surface area (Å²) in [5, 5.41) is 10.9. The van der Waals surface area contributed by atoms with Crippen molar-refractivity contribution in [2.24, 2.45) is 0 Å². The Morgan fingerprint density at radius 1 is 1.27 bits per heavy atom. The second-order valence-electron chi connectivity index (χ2n) is 5.82. The Kier molecular flexibility index (Phi) is 3.76. The van der Waals surface area contributed by atoms with Crippen LogP contribution in [0.15, 0.2) is 35.5 Å². The molecule has 4 rings (SSSR count). The Morgan fingerprint density at radius 2 is 2.18 bits per heavy atom. The molecule has 0 saturated carbocycles. The lowest BCUT2D eigenvalue weighted by Crippen LogP contribution is -2.21. The average Bonchev–Trinajstić information content (AvgIpc) is 2.97. The van der Waals surface area contributed by atoms with Crippen LogP contribution in [0.1, 0.15) is 24.8 Å². The van der Waals surface area contributed by atoms with Gasteiger partial charge in [0.1, 0.15) is 0 Å². The molecule has 0 aliphatic carbocycles. The highest BCUT2D eigenvalue weighted by Gasteiger charge is 2.17. The van der Waals surface area contributed by atoms with Gasteiger partial charge in [-0.05, 0) is 43.9 Å². The Hall–Kier alpha value is -1.59. The smallest absolute Gasteiger partial charge is 0.196 e. The van der Waals surface area contributed by atoms with Gasteiger partial charge in [0.2, 0.25) is 0 Å². The number of aromatic nitrogens is 3. The number of pyridine rings is 1. The standard InChI is InChI=1S/C17H19N3OS/c1-12-10-16-18-19-17(22-11-13-6-4-5-9-21-13)20(16)15-8-3-2-7-14(12)15/h2-3,7-8,10,13H,4-6,9,11H2,1H3/t13-/m1/s1. The Morgan fingerprint density at radius 3 is 3.05 bits per heavy atom. The van der Waals surface area contributed by atoms with E-state index in [4.69, 9.17) is 4.74 Å². The number of rotatable bonds is 3. The first kappa shape index (κ1) is 14.0. The van der Waals surface area contributed by atoms with Gasteiger partial charge in [0, 0.05) is 17.7 Å². The van der Waals surface area contributed by atoms with Gasteiger partial charge in [-0.2, -0.15) is 0 Å². The Labute approximate surface area is 133 Å². The number of fused-ring (bicyclic) bond motifs is 3. The molecule has 2 aromatic heterocycles. The highest BCUT2D eigenvalue weighted by Crippen LogP contribution is 2.27. The van der Waals surface area contributed by atoms with Gasteiger partial charge in [-0.15, -0.1) is 10.2 Å². The molecule has 1 atom stereocenters. The molecule has 1 aliphatic rings. The first-order valence-corrected chi connectivity index (χ1v) is 8.79. The summed E-state index contributed by atoms with van der Waals surface area (Å²) in [4.78, 5) is 0. The highest BCUT2D eigenvalue weighted by atomic mass is 32.2. The van der Waals surface area contributed by atoms with Gasteiger partial charge in [0.15, 0.2) is 10.8 Å². The van der Waals surface area contributed by atoms with Crippen LogP contribution in [0.3, 0.4) is 0 Å². The maximum Gasteiger partial charge on any atom is 0.196 e. The predicted octanol–water partition coefficient (Wildman–Crippen LogP) is 3.85. The van der Waals surface area contributed by atoms with E-state index < -0.39 is 0 Å². The SMILES string of the molecule is Cc1cc2nnc(SC[C@H]3CCCCO3)n2c2ccccc12. The third-order valence-electron chi connectivity index (χ3n) is 4.25. The molecule has 5 heteroatoms. The summed E-state index contributed by atoms with van der Waals surface area (Å²) in [5.41, 5.74) is 3.33. The summed E-state index contributed by atoms with van der Waals surface area (Å²) in [7, 11) is 0. The van der Waals surface area contributed by atoms with Crippen molar-refractivity contribution in [2.75, 3.05) is 12.4 Å². The number of nitrogens with zero attached hydrogens (tertiary/aromatic N) is 3. The summed E-state index contributed by atoms with van der Waals surface area (Å²) >= 11 is 1.75. The monoisotopic (exact) mass is 313 g/mol. The fourth-order valence-electron chi connectivity index (χ4n) is 3.07. The van der Waals surface area contributed by atoms with Crippen molar-refractivity contribution < 1.29 is 4.74 Å². The predicted molar refractivity (Wildman–Crippen MR) is 89.5 cm³/mol. The van der Waals surface area contributed by atoms with Crippen LogP contribution in [0.4, 0.5) is 0 Å². The second-order valence-corrected chi connectivity index (χ2v) is 6.81. The van der Waals surface area contributed by atoms with Crippen LogP contribution in [0.5, 0.6) is 0 Å². The number of ether oxygens (including phenoxy) is 1. The lowest BCUT2D eigenvalue weighted by Gasteiger charge is -2.21. The number of para-hydroxylation sites is 1. The van der Waals surface area contributed by atoms with E-state index in [1.54, 1.807) is 11.8 Å². The number of benzene rings is 1. The second kappa shape index (κ2) is 5.89. The maximum atomic E-state index is 5.82. The summed E-state index contributed by atoms with van der Waals surface area (Å²) < 4.78 is 7.98. The first-order chi connectivity index (χ1) is 10.8. The fourth-order valence-corrected chi connectivity index (χ4v) is 4.09. The van der Waals surface area contributed by atoms with Crippen LogP contribution >= 0.6 is 11.8 Å². The molecule has 4 nitrogen and oxygen atoms in total. The van der Waals surface area contributed by atoms with E-state index in [1.807, 2.05) is 0 Å². The summed E-state index contributed by atoms with van der Waals surface area (Å²) in [6, 6.07) is 10.5. The molecule has 0 N–H and O–H groups in total. The van der Waals surface area contributed by atoms with Crippen LogP contribution in [-0.4, -0.2) is 33.1 Å². The summed E-state index contributed by atoms with van der Waals surface area (Å²) in [6.45, 7) is 3.02. The van der Waals surface area contributed by atoms with Crippen molar-refractivity contribution in [3.05, 3.63) is 35.9 Å². The molecule has 0 spiro atoms. The molecule has 0 amide bonds. The van der Waals surface area contributed by atoms with Crippen molar-refractivity contribution in [2.45, 2.75) is 37.4 Å². The molecular formula is C17H19N3OS. The number of aryl methyl sites for hydroxylation is 1. The van der Waals surface area contributed by atoms with E-state index >= 15 is 0 Å². The Balaban J connectivity index is 1.70. The van der Waals surface area contributed by atoms with Crippen molar-refractivity contribution in [3.8, 4) is 0 Å². The van der Waals surface area contributed by atoms with E-state index in [2.05, 4.69) is 51.9 Å². The zero-order valence-electron chi connectivity index (χ0n) is 12.7. The third-order valence-corrected chi connectivity index (χ3v) is 5.31. The van der Waals surface area contributed by atoms with Gasteiger partial charge in [-0.3, -0.25) is 4.40 Å². The third kappa shape index (κ3) is 2.48. The van der Waals surface area contributed by atoms with E-state index in [9.17, 15) is 0 Å². The molecular weight excluding hydrogens is 294 g/mol. The van der Waals surface area contributed by atoms with Gasteiger partial charge in [0.05, 0.1) is 11.6 Å². The summed E-state index contributed by atoms with van der Waals surface area (Å²) in [6.07, 6.45) is 3.97. The lowest BCUT2D eigenvalue weighted by molar-refractivity contribution is 0.0315. The molecule has 22 heavy (non-hydrogen) atoms. The van der Waals surface area contributed by atoms with Gasteiger partial charge >= 0.3 is 0 Å². The first-order valence-electron chi connectivity index (χ1n) is 7.81. The number of hydrogen-bond acceptors (Lipinski definition) is 4. The molecule has 0 unspecified atom stereocenters. The van der Waals surface area contributed by atoms with E-state index in [1.165, 1.54) is 29.3 Å². The molecule has 0 bridgehead atoms. The molecule has 1 saturated heterocycles. The van der Waals surface area contributed by atoms with E-state index in [-0.39, 0.29) is 0 Å². The summed E-state index contributed by atoms with van der Waals surface area (Å²) in [5.74, 6) is 0.947. The van der Waals surface area contributed by atoms with Crippen molar-refractivity contribution in [1.82, 2.24) is 14.6 Å². The van der Waals surface area contributed by atoms with Gasteiger partial charge in [0.25, 0.3) is 0 Å². The van der Waals surface area contributed by atoms with E-state index in [0.717, 1.165) is 29.6 Å². The van der Waals surface area contributed by atoms with E-state index in [0.29, 0.717) is 6.10 Å². The highest BCUT2D eigenvalue weighted by molar-refractivity contribution is 7.99. The van der Waals surface area contributed by atoms with Crippen molar-refractivity contribution in [3.63, 3.8) is 0 Å². The normalized spacial score (nSPS) is 19.0. The van der Waals surface area contributed by atoms with Gasteiger partial charge in [-0.25, -0.2) is 0 Å². The van der Waals surface area contributed by atoms with Crippen molar-refractivity contribution >= 4 is 28.3 Å². The molecule has 3 aromatic rings. The van der Waals surface area contributed by atoms with Crippen LogP contribution in [0, 0.1) is 6.92 Å². The molecule has 114 valence electrons. The fraction of sp³-hybridized carbons (Fsp3) is 0.412. The molecule has 1 fully saturated rings. The van der Waals surface area contributed by atoms with Gasteiger partial charge < -0.3 is 4.74 Å². The molecule has 1 aromatic carbocycles. The molecule has 3 heterocycles. The van der Waals surface area contributed by atoms with Gasteiger partial charge in [-0.1, -0.05) is 30.0 Å². The number of thioether (sulfide) groups is 1. The molecule has 1 aliphatic heterocycles. The van der Waals surface area contributed by atoms with Crippen molar-refractivity contribution in [1.29, 1.82) is 0 Å². The lowest BCUT2D eigenvalue weighted by atomic mass is 10.1. The topological polar surface area (TPSA) is 39.4 Å². The van der Waals surface area contributed by atoms with Crippen LogP contribution in [0.25, 0.3) is 16.6 Å². The molecule has 0 radical (unpaired) electrons. The van der Waals surface area contributed by atoms with Crippen LogP contribution < -0.4 is 0 Å². The zero-order valence-corrected chi connectivity index (χ0v) is 13.5. The van der Waals surface area contributed by atoms with Crippen LogP contribution in [0.2, 0.25) is 0 Å². The average molecular weight is 313 g/mol. The quantitative estimate of drug-likeness (QED) is 0.689. The Bertz CT molecular complexity index is 808. The largest absolute Gasteiger partial charge is 0.377 e. The zero-order chi connectivity index (χ0) is 14.9. The van der Waals surface area contributed by atoms with Crippen LogP contribution in [-0.2, 0) is 4.74 Å². The minimum absolute atomic E-state index is 0.350.